The number of ketones is 2. The molecule has 3 heteroatoms. The Balaban J connectivity index is 2.72. The van der Waals surface area contributed by atoms with E-state index >= 15 is 0 Å². The Bertz CT molecular complexity index is 158. The molecule has 56 valence electrons. The van der Waals surface area contributed by atoms with Crippen LogP contribution in [0.25, 0.3) is 0 Å². The lowest BCUT2D eigenvalue weighted by Gasteiger charge is -2.09. The molecule has 0 spiro atoms. The van der Waals surface area contributed by atoms with E-state index in [4.69, 9.17) is 5.73 Å². The molecule has 0 aromatic rings. The molecule has 0 bridgehead atoms. The van der Waals surface area contributed by atoms with Gasteiger partial charge in [-0.3, -0.25) is 9.59 Å². The van der Waals surface area contributed by atoms with Gasteiger partial charge in [-0.15, -0.1) is 0 Å². The van der Waals surface area contributed by atoms with Crippen LogP contribution in [-0.2, 0) is 9.59 Å². The van der Waals surface area contributed by atoms with Crippen LogP contribution in [0.4, 0.5) is 0 Å². The molecule has 0 aliphatic heterocycles. The van der Waals surface area contributed by atoms with Crippen LogP contribution in [0.1, 0.15) is 19.8 Å². The van der Waals surface area contributed by atoms with Gasteiger partial charge in [-0.05, 0) is 6.92 Å². The number of carbonyl (C=O) groups is 2. The summed E-state index contributed by atoms with van der Waals surface area (Å²) in [7, 11) is 0. The fourth-order valence-corrected chi connectivity index (χ4v) is 1.32. The maximum absolute atomic E-state index is 10.9. The molecule has 0 saturated heterocycles. The molecule has 1 aliphatic carbocycles. The fourth-order valence-electron chi connectivity index (χ4n) is 1.32. The van der Waals surface area contributed by atoms with E-state index in [-0.39, 0.29) is 17.6 Å². The van der Waals surface area contributed by atoms with Crippen molar-refractivity contribution < 1.29 is 9.59 Å². The topological polar surface area (TPSA) is 60.2 Å². The Hall–Kier alpha value is -0.700. The second kappa shape index (κ2) is 2.50. The number of hydrogen-bond donors (Lipinski definition) is 1. The number of rotatable bonds is 1. The van der Waals surface area contributed by atoms with Crippen molar-refractivity contribution in [3.8, 4) is 0 Å². The van der Waals surface area contributed by atoms with Gasteiger partial charge in [0.05, 0.1) is 5.92 Å². The standard InChI is InChI=1S/C7H11NO2/c1-4(8)7-5(9)2-3-6(7)10/h4,7H,2-3,8H2,1H3. The number of carbonyl (C=O) groups excluding carboxylic acids is 2. The van der Waals surface area contributed by atoms with E-state index < -0.39 is 5.92 Å². The molecule has 0 radical (unpaired) electrons. The van der Waals surface area contributed by atoms with Gasteiger partial charge in [-0.1, -0.05) is 0 Å². The zero-order chi connectivity index (χ0) is 7.72. The van der Waals surface area contributed by atoms with Crippen molar-refractivity contribution in [2.24, 2.45) is 11.7 Å². The van der Waals surface area contributed by atoms with Crippen molar-refractivity contribution >= 4 is 11.6 Å². The summed E-state index contributed by atoms with van der Waals surface area (Å²) in [4.78, 5) is 21.9. The highest BCUT2D eigenvalue weighted by Crippen LogP contribution is 2.19. The van der Waals surface area contributed by atoms with E-state index in [1.54, 1.807) is 6.92 Å². The van der Waals surface area contributed by atoms with Gasteiger partial charge in [-0.2, -0.15) is 0 Å². The minimum absolute atomic E-state index is 0.0139. The minimum atomic E-state index is -0.500. The van der Waals surface area contributed by atoms with Gasteiger partial charge in [0.1, 0.15) is 11.6 Å². The second-order valence-corrected chi connectivity index (χ2v) is 2.77. The van der Waals surface area contributed by atoms with E-state index in [1.165, 1.54) is 0 Å². The highest BCUT2D eigenvalue weighted by Gasteiger charge is 2.35. The van der Waals surface area contributed by atoms with Crippen LogP contribution in [0.2, 0.25) is 0 Å². The molecular formula is C7H11NO2. The van der Waals surface area contributed by atoms with Crippen molar-refractivity contribution in [3.63, 3.8) is 0 Å². The van der Waals surface area contributed by atoms with Gasteiger partial charge in [0.15, 0.2) is 0 Å². The van der Waals surface area contributed by atoms with Crippen LogP contribution in [0, 0.1) is 5.92 Å². The molecule has 1 aliphatic rings. The Kier molecular flexibility index (Phi) is 1.85. The molecule has 0 amide bonds. The maximum Gasteiger partial charge on any atom is 0.145 e. The quantitative estimate of drug-likeness (QED) is 0.518. The average molecular weight is 141 g/mol. The second-order valence-electron chi connectivity index (χ2n) is 2.77. The van der Waals surface area contributed by atoms with Gasteiger partial charge in [0.2, 0.25) is 0 Å². The van der Waals surface area contributed by atoms with Crippen LogP contribution in [0.5, 0.6) is 0 Å². The molecule has 0 heterocycles. The molecule has 3 nitrogen and oxygen atoms in total. The smallest absolute Gasteiger partial charge is 0.145 e. The summed E-state index contributed by atoms with van der Waals surface area (Å²) in [6.07, 6.45) is 0.788. The van der Waals surface area contributed by atoms with E-state index in [1.807, 2.05) is 0 Å². The van der Waals surface area contributed by atoms with Gasteiger partial charge in [0, 0.05) is 18.9 Å². The number of nitrogens with two attached hydrogens (primary N) is 1. The van der Waals surface area contributed by atoms with Crippen LogP contribution >= 0.6 is 0 Å². The third kappa shape index (κ3) is 1.09. The van der Waals surface area contributed by atoms with Crippen molar-refractivity contribution in [1.29, 1.82) is 0 Å². The lowest BCUT2D eigenvalue weighted by molar-refractivity contribution is -0.127. The van der Waals surface area contributed by atoms with Crippen LogP contribution in [-0.4, -0.2) is 17.6 Å². The molecule has 2 N–H and O–H groups in total. The van der Waals surface area contributed by atoms with Gasteiger partial charge < -0.3 is 5.73 Å². The highest BCUT2D eigenvalue weighted by atomic mass is 16.2. The molecule has 0 aromatic heterocycles. The SMILES string of the molecule is CC(N)C1C(=O)CCC1=O. The Labute approximate surface area is 59.6 Å². The predicted octanol–water partition coefficient (Wildman–Crippen LogP) is -0.118. The fraction of sp³-hybridized carbons (Fsp3) is 0.714. The van der Waals surface area contributed by atoms with Gasteiger partial charge in [0.25, 0.3) is 0 Å². The Morgan fingerprint density at radius 3 is 2.00 bits per heavy atom. The summed E-state index contributed by atoms with van der Waals surface area (Å²) < 4.78 is 0. The van der Waals surface area contributed by atoms with Gasteiger partial charge in [-0.25, -0.2) is 0 Å². The highest BCUT2D eigenvalue weighted by molar-refractivity contribution is 6.09. The molecule has 1 atom stereocenters. The molecular weight excluding hydrogens is 130 g/mol. The zero-order valence-electron chi connectivity index (χ0n) is 5.96. The molecule has 10 heavy (non-hydrogen) atoms. The van der Waals surface area contributed by atoms with Crippen LogP contribution < -0.4 is 5.73 Å². The first-order valence-electron chi connectivity index (χ1n) is 3.44. The third-order valence-electron chi connectivity index (χ3n) is 1.84. The molecule has 1 rings (SSSR count). The summed E-state index contributed by atoms with van der Waals surface area (Å²) in [5.41, 5.74) is 5.44. The molecule has 1 fully saturated rings. The normalized spacial score (nSPS) is 23.8. The maximum atomic E-state index is 10.9. The minimum Gasteiger partial charge on any atom is -0.327 e. The van der Waals surface area contributed by atoms with Crippen LogP contribution in [0.15, 0.2) is 0 Å². The van der Waals surface area contributed by atoms with Crippen molar-refractivity contribution in [3.05, 3.63) is 0 Å². The van der Waals surface area contributed by atoms with Gasteiger partial charge >= 0.3 is 0 Å². The number of Topliss-reactive ketones (excluding diaryl/α,β-unsaturated/α-hetero) is 2. The monoisotopic (exact) mass is 141 g/mol. The predicted molar refractivity (Wildman–Crippen MR) is 36.4 cm³/mol. The van der Waals surface area contributed by atoms with Crippen molar-refractivity contribution in [2.45, 2.75) is 25.8 Å². The first kappa shape index (κ1) is 7.41. The van der Waals surface area contributed by atoms with E-state index in [0.29, 0.717) is 12.8 Å². The average Bonchev–Trinajstić information content (AvgIpc) is 2.11. The van der Waals surface area contributed by atoms with Crippen molar-refractivity contribution in [2.75, 3.05) is 0 Å². The summed E-state index contributed by atoms with van der Waals surface area (Å²) >= 11 is 0. The Morgan fingerprint density at radius 1 is 1.40 bits per heavy atom. The molecule has 0 aromatic carbocycles. The largest absolute Gasteiger partial charge is 0.327 e. The summed E-state index contributed by atoms with van der Waals surface area (Å²) in [6, 6.07) is -0.303. The lowest BCUT2D eigenvalue weighted by Crippen LogP contribution is -2.33. The summed E-state index contributed by atoms with van der Waals surface area (Å²) in [5.74, 6) is -0.472. The molecule has 1 unspecified atom stereocenters. The Morgan fingerprint density at radius 2 is 1.80 bits per heavy atom. The lowest BCUT2D eigenvalue weighted by atomic mass is 9.99. The first-order valence-corrected chi connectivity index (χ1v) is 3.44. The van der Waals surface area contributed by atoms with Crippen molar-refractivity contribution in [1.82, 2.24) is 0 Å². The third-order valence-corrected chi connectivity index (χ3v) is 1.84. The molecule has 1 saturated carbocycles. The summed E-state index contributed by atoms with van der Waals surface area (Å²) in [6.45, 7) is 1.70. The first-order chi connectivity index (χ1) is 4.63. The summed E-state index contributed by atoms with van der Waals surface area (Å²) in [5, 5.41) is 0. The van der Waals surface area contributed by atoms with E-state index in [0.717, 1.165) is 0 Å². The van der Waals surface area contributed by atoms with E-state index in [9.17, 15) is 9.59 Å². The van der Waals surface area contributed by atoms with Crippen LogP contribution in [0.3, 0.4) is 0 Å². The van der Waals surface area contributed by atoms with E-state index in [2.05, 4.69) is 0 Å². The zero-order valence-corrected chi connectivity index (χ0v) is 5.96. The number of hydrogen-bond acceptors (Lipinski definition) is 3.